The Kier molecular flexibility index (Phi) is 34.2. The summed E-state index contributed by atoms with van der Waals surface area (Å²) in [6.45, 7) is 33.6. The van der Waals surface area contributed by atoms with E-state index in [0.29, 0.717) is 91.5 Å². The number of aliphatic hydroxyl groups excluding tert-OH is 4. The molecular weight excluding hydrogens is 1880 g/mol. The van der Waals surface area contributed by atoms with Crippen molar-refractivity contribution in [3.63, 3.8) is 0 Å². The Balaban J connectivity index is 0.000000166. The summed E-state index contributed by atoms with van der Waals surface area (Å²) in [7, 11) is 0. The topological polar surface area (TPSA) is 430 Å². The molecule has 12 N–H and O–H groups in total. The van der Waals surface area contributed by atoms with E-state index >= 15 is 0 Å². The van der Waals surface area contributed by atoms with Gasteiger partial charge in [-0.25, -0.2) is 66.2 Å². The molecule has 0 radical (unpaired) electrons. The number of carbonyl (C=O) groups is 8. The molecule has 42 heteroatoms. The monoisotopic (exact) mass is 2010 g/mol. The number of thiazole rings is 4. The van der Waals surface area contributed by atoms with Gasteiger partial charge in [-0.15, -0.1) is 45.3 Å². The molecule has 7 aliphatic rings. The molecule has 756 valence electrons. The molecule has 2 saturated carbocycles. The third-order valence-corrected chi connectivity index (χ3v) is 29.8. The van der Waals surface area contributed by atoms with Crippen LogP contribution in [-0.4, -0.2) is 268 Å². The van der Waals surface area contributed by atoms with Crippen LogP contribution < -0.4 is 42.5 Å². The molecule has 5 saturated heterocycles. The average molecular weight is 2010 g/mol. The van der Waals surface area contributed by atoms with Gasteiger partial charge in [0.15, 0.2) is 20.0 Å². The van der Waals surface area contributed by atoms with E-state index in [1.807, 2.05) is 91.5 Å². The zero-order valence-electron chi connectivity index (χ0n) is 82.1. The molecule has 11 atom stereocenters. The molecule has 0 spiro atoms. The first kappa shape index (κ1) is 107. The number of alkyl halides is 6. The minimum absolute atomic E-state index is 0.00792. The summed E-state index contributed by atoms with van der Waals surface area (Å²) in [4.78, 5) is 148. The van der Waals surface area contributed by atoms with Crippen molar-refractivity contribution in [2.24, 2.45) is 0 Å². The van der Waals surface area contributed by atoms with Gasteiger partial charge >= 0.3 is 0 Å². The lowest BCUT2D eigenvalue weighted by molar-refractivity contribution is 0.0115. The Hall–Kier alpha value is -10.5. The first-order valence-electron chi connectivity index (χ1n) is 47.4. The number of hydrogen-bond donors (Lipinski definition) is 12. The fourth-order valence-electron chi connectivity index (χ4n) is 17.9. The molecule has 139 heavy (non-hydrogen) atoms. The molecule has 5 aliphatic heterocycles. The predicted octanol–water partition coefficient (Wildman–Crippen LogP) is 15.8. The van der Waals surface area contributed by atoms with E-state index in [1.165, 1.54) is 11.3 Å². The number of aromatic nitrogens is 8. The van der Waals surface area contributed by atoms with E-state index in [4.69, 9.17) is 0 Å². The van der Waals surface area contributed by atoms with Crippen molar-refractivity contribution in [2.45, 2.75) is 335 Å². The second kappa shape index (κ2) is 44.3. The van der Waals surface area contributed by atoms with Gasteiger partial charge in [0.1, 0.15) is 46.0 Å². The highest BCUT2D eigenvalue weighted by molar-refractivity contribution is 7.18. The van der Waals surface area contributed by atoms with Gasteiger partial charge in [0, 0.05) is 138 Å². The molecule has 7 fully saturated rings. The highest BCUT2D eigenvalue weighted by Gasteiger charge is 2.51. The fraction of sp³-hybridized carbons (Fsp3) is 0.588. The highest BCUT2D eigenvalue weighted by atomic mass is 32.1. The quantitative estimate of drug-likeness (QED) is 0.0224. The SMILES string of the molecule is CC[C@@H](C)Nc1cc(C)c(-c2sc(C(=O)N[C@@H]3CCC[C@H]3O)nc2C(=O)N2CC(F)(F)C[C@@H]2C)cn1.CC[C@@H](C)Nc1cc(C)c(-c2sc(C(=O)N[C@@H]3CC[C@@H](O)C3)nc2C(=O)N2CC(F)(F)C[C@@H]2C)cn1.Cc1cc(NC(C)(C)C)ncc1-c1sc(C(=O)N[C@H](C)CO)nc1C(=O)N1C2CCC1CC2.Cc1cc(NC(C)(C)C)ncc1-c1sc(C(=O)N[C@H](C)CO)nc1C(=O)N1CC(F)(F)C[C@@H]1C. The minimum Gasteiger partial charge on any atom is -0.394 e. The van der Waals surface area contributed by atoms with Gasteiger partial charge in [0.05, 0.1) is 70.6 Å². The van der Waals surface area contributed by atoms with Gasteiger partial charge in [-0.3, -0.25) is 38.4 Å². The maximum atomic E-state index is 14.1. The van der Waals surface area contributed by atoms with Gasteiger partial charge < -0.3 is 82.6 Å². The number of nitrogens with zero attached hydrogens (tertiary/aromatic N) is 12. The van der Waals surface area contributed by atoms with Gasteiger partial charge in [-0.2, -0.15) is 0 Å². The highest BCUT2D eigenvalue weighted by Crippen LogP contribution is 2.46. The molecule has 2 bridgehead atoms. The number of nitrogens with one attached hydrogen (secondary N) is 8. The number of halogens is 6. The van der Waals surface area contributed by atoms with Crippen LogP contribution in [0.4, 0.5) is 49.6 Å². The van der Waals surface area contributed by atoms with Crippen molar-refractivity contribution in [2.75, 3.05) is 54.1 Å². The molecule has 8 amide bonds. The van der Waals surface area contributed by atoms with Crippen LogP contribution >= 0.6 is 45.3 Å². The van der Waals surface area contributed by atoms with Crippen LogP contribution in [0, 0.1) is 27.7 Å². The molecule has 0 aromatic carbocycles. The maximum Gasteiger partial charge on any atom is 0.280 e. The molecule has 13 heterocycles. The Bertz CT molecular complexity index is 5790. The lowest BCUT2D eigenvalue weighted by atomic mass is 10.0. The van der Waals surface area contributed by atoms with Crippen LogP contribution in [-0.2, 0) is 0 Å². The molecule has 8 aromatic rings. The third-order valence-electron chi connectivity index (χ3n) is 25.4. The second-order valence-corrected chi connectivity index (χ2v) is 44.0. The molecule has 15 rings (SSSR count). The standard InChI is InChI=1S/2C25H33F2N5O3S.C24H33N5O3S.C23H31F2N5O3S/c1-5-14(3)29-19-8-13(2)18(11-28-19)21-20(24(35)32-12-25(26,27)10-15(32)4)31-23(36-21)22(34)30-16-6-7-17(33)9-16;1-5-14(3)29-19-9-13(2)16(11-28-19)21-20(24(35)32-12-25(26,27)10-15(32)4)31-23(36-21)22(34)30-17-7-6-8-18(17)33;1-13-10-18(28-24(3,4)5)25-11-17(13)20-19(23(32)29-15-6-7-16(29)9-8-15)27-22(33-20)21(31)26-14(2)12-30;1-12-7-16(29-22(4,5)6)26-9-15(12)18-17(21(33)30-11-23(24,25)8-14(30)3)28-20(34-18)19(32)27-13(2)10-31/h8,11,14-17,33H,5-7,9-10,12H2,1-4H3,(H,28,29)(H,30,34);9,11,14-15,17-18,33H,5-8,10,12H2,1-4H3,(H,28,29)(H,30,34);10-11,14-16,30H,6-9,12H2,1-5H3,(H,25,28)(H,26,31);7,9,13-14,31H,8,10-11H2,1-6H3,(H,26,29)(H,27,32)/t14-,15+,16-,17-;14-,15+,17-,18-;14-,15?,16?;13-,14+/m1111/s1. The van der Waals surface area contributed by atoms with Gasteiger partial charge in [-0.05, 0) is 241 Å². The number of rotatable bonds is 26. The maximum absolute atomic E-state index is 14.1. The molecule has 0 unspecified atom stereocenters. The fourth-order valence-corrected chi connectivity index (χ4v) is 22.0. The number of likely N-dealkylation sites (tertiary alicyclic amines) is 3. The van der Waals surface area contributed by atoms with Gasteiger partial charge in [0.25, 0.3) is 65.0 Å². The van der Waals surface area contributed by atoms with Crippen LogP contribution in [0.15, 0.2) is 49.1 Å². The first-order chi connectivity index (χ1) is 65.2. The Morgan fingerprint density at radius 2 is 0.755 bits per heavy atom. The number of amides is 8. The van der Waals surface area contributed by atoms with Crippen molar-refractivity contribution in [1.82, 2.24) is 80.7 Å². The van der Waals surface area contributed by atoms with Crippen LogP contribution in [0.25, 0.3) is 41.8 Å². The third kappa shape index (κ3) is 26.7. The Labute approximate surface area is 822 Å². The van der Waals surface area contributed by atoms with Crippen LogP contribution in [0.5, 0.6) is 0 Å². The summed E-state index contributed by atoms with van der Waals surface area (Å²) in [5.41, 5.74) is 5.87. The van der Waals surface area contributed by atoms with E-state index < -0.39 is 135 Å². The van der Waals surface area contributed by atoms with Gasteiger partial charge in [-0.1, -0.05) is 13.8 Å². The second-order valence-electron chi connectivity index (χ2n) is 40.0. The van der Waals surface area contributed by atoms with Crippen molar-refractivity contribution in [3.8, 4) is 41.8 Å². The zero-order valence-corrected chi connectivity index (χ0v) is 85.4. The zero-order chi connectivity index (χ0) is 102. The number of anilines is 4. The minimum atomic E-state index is -2.97. The number of aryl methyl sites for hydroxylation is 4. The van der Waals surface area contributed by atoms with Crippen LogP contribution in [0.2, 0.25) is 0 Å². The number of pyridine rings is 4. The normalized spacial score (nSPS) is 21.9. The lowest BCUT2D eigenvalue weighted by Crippen LogP contribution is -2.40. The molecule has 32 nitrogen and oxygen atoms in total. The molecule has 2 aliphatic carbocycles. The van der Waals surface area contributed by atoms with E-state index in [1.54, 1.807) is 59.4 Å². The van der Waals surface area contributed by atoms with Gasteiger partial charge in [0.2, 0.25) is 0 Å². The summed E-state index contributed by atoms with van der Waals surface area (Å²) < 4.78 is 84.2. The predicted molar refractivity (Wildman–Crippen MR) is 526 cm³/mol. The summed E-state index contributed by atoms with van der Waals surface area (Å²) in [6, 6.07) is 5.05. The first-order valence-corrected chi connectivity index (χ1v) is 50.7. The van der Waals surface area contributed by atoms with E-state index in [0.717, 1.165) is 127 Å². The molecular formula is C97H130F6N20O12S4. The average Bonchev–Trinajstić information content (AvgIpc) is 1.62. The van der Waals surface area contributed by atoms with Crippen molar-refractivity contribution < 1.29 is 85.1 Å². The van der Waals surface area contributed by atoms with E-state index in [-0.39, 0.29) is 109 Å². The molecule has 8 aromatic heterocycles. The number of hydrogen-bond acceptors (Lipinski definition) is 28. The number of fused-ring (bicyclic) bond motifs is 2. The summed E-state index contributed by atoms with van der Waals surface area (Å²) >= 11 is 4.28. The Morgan fingerprint density at radius 3 is 1.04 bits per heavy atom. The van der Waals surface area contributed by atoms with Crippen molar-refractivity contribution >= 4 is 116 Å². The Morgan fingerprint density at radius 1 is 0.439 bits per heavy atom. The van der Waals surface area contributed by atoms with E-state index in [2.05, 4.69) is 117 Å². The summed E-state index contributed by atoms with van der Waals surface area (Å²) in [6.07, 6.45) is 14.0. The lowest BCUT2D eigenvalue weighted by Gasteiger charge is -2.22. The number of carbonyl (C=O) groups excluding carboxylic acids is 8. The van der Waals surface area contributed by atoms with Crippen molar-refractivity contribution in [1.29, 1.82) is 0 Å². The van der Waals surface area contributed by atoms with E-state index in [9.17, 15) is 85.1 Å². The summed E-state index contributed by atoms with van der Waals surface area (Å²) in [5, 5.41) is 63.1. The smallest absolute Gasteiger partial charge is 0.280 e. The summed E-state index contributed by atoms with van der Waals surface area (Å²) in [5.74, 6) is -10.0. The van der Waals surface area contributed by atoms with Crippen LogP contribution in [0.3, 0.4) is 0 Å². The number of aliphatic hydroxyl groups is 4. The largest absolute Gasteiger partial charge is 0.394 e. The van der Waals surface area contributed by atoms with Crippen LogP contribution in [0.1, 0.15) is 304 Å². The van der Waals surface area contributed by atoms with Crippen molar-refractivity contribution in [3.05, 3.63) is 114 Å².